The number of allylic oxidation sites excluding steroid dienone is 4. The molecule has 5 nitrogen and oxygen atoms in total. The summed E-state index contributed by atoms with van der Waals surface area (Å²) in [6, 6.07) is 0. The maximum Gasteiger partial charge on any atom is 0.345 e. The zero-order valence-corrected chi connectivity index (χ0v) is 10.6. The lowest BCUT2D eigenvalue weighted by Crippen LogP contribution is -2.31. The Labute approximate surface area is 109 Å². The fourth-order valence-electron chi connectivity index (χ4n) is 3.06. The molecule has 0 saturated heterocycles. The van der Waals surface area contributed by atoms with Crippen LogP contribution in [0.25, 0.3) is 0 Å². The molecule has 0 aliphatic heterocycles. The zero-order chi connectivity index (χ0) is 13.7. The van der Waals surface area contributed by atoms with Crippen molar-refractivity contribution >= 4 is 17.5 Å². The van der Waals surface area contributed by atoms with E-state index in [4.69, 9.17) is 4.74 Å². The van der Waals surface area contributed by atoms with Gasteiger partial charge >= 0.3 is 5.97 Å². The van der Waals surface area contributed by atoms with Crippen LogP contribution in [0.3, 0.4) is 0 Å². The molecule has 0 fully saturated rings. The maximum atomic E-state index is 12.4. The molecule has 0 aromatic rings. The van der Waals surface area contributed by atoms with Crippen LogP contribution in [-0.4, -0.2) is 31.8 Å². The predicted octanol–water partition coefficient (Wildman–Crippen LogP) is 0.714. The molecule has 98 valence electrons. The van der Waals surface area contributed by atoms with Crippen LogP contribution in [-0.2, 0) is 23.9 Å². The summed E-state index contributed by atoms with van der Waals surface area (Å²) >= 11 is 0. The third kappa shape index (κ3) is 1.38. The zero-order valence-electron chi connectivity index (χ0n) is 10.6. The highest BCUT2D eigenvalue weighted by Gasteiger charge is 2.49. The third-order valence-corrected chi connectivity index (χ3v) is 3.86. The van der Waals surface area contributed by atoms with Gasteiger partial charge in [-0.25, -0.2) is 4.79 Å². The standard InChI is InChI=1S/C14H12O5/c1-18-13-10(14(17)19-2)11(15)8-6-3-4-7(5-6)9(8)12(13)16/h3-4,6-7H,5H2,1-2H3. The molecule has 2 atom stereocenters. The topological polar surface area (TPSA) is 69.7 Å². The summed E-state index contributed by atoms with van der Waals surface area (Å²) < 4.78 is 9.55. The van der Waals surface area contributed by atoms with E-state index in [1.807, 2.05) is 12.2 Å². The van der Waals surface area contributed by atoms with Gasteiger partial charge in [-0.15, -0.1) is 0 Å². The monoisotopic (exact) mass is 260 g/mol. The second-order valence-corrected chi connectivity index (χ2v) is 4.72. The van der Waals surface area contributed by atoms with Gasteiger partial charge in [0.2, 0.25) is 11.6 Å². The lowest BCUT2D eigenvalue weighted by Gasteiger charge is -2.22. The summed E-state index contributed by atoms with van der Waals surface area (Å²) in [5.74, 6) is -1.91. The van der Waals surface area contributed by atoms with Crippen molar-refractivity contribution in [3.8, 4) is 0 Å². The first-order chi connectivity index (χ1) is 9.10. The van der Waals surface area contributed by atoms with Gasteiger partial charge in [0.05, 0.1) is 14.2 Å². The Balaban J connectivity index is 2.15. The Hall–Kier alpha value is -2.17. The molecule has 3 rings (SSSR count). The van der Waals surface area contributed by atoms with Crippen LogP contribution >= 0.6 is 0 Å². The normalized spacial score (nSPS) is 28.1. The van der Waals surface area contributed by atoms with Gasteiger partial charge in [-0.3, -0.25) is 9.59 Å². The molecule has 5 heteroatoms. The Bertz CT molecular complexity index is 605. The summed E-state index contributed by atoms with van der Waals surface area (Å²) in [6.07, 6.45) is 4.58. The van der Waals surface area contributed by atoms with E-state index < -0.39 is 11.8 Å². The first-order valence-corrected chi connectivity index (χ1v) is 5.98. The summed E-state index contributed by atoms with van der Waals surface area (Å²) in [4.78, 5) is 36.5. The van der Waals surface area contributed by atoms with Crippen LogP contribution in [0.5, 0.6) is 0 Å². The SMILES string of the molecule is COC(=O)C1=C(OC)C(=O)C2=C(C1=O)C1C=CC2C1. The van der Waals surface area contributed by atoms with Gasteiger partial charge < -0.3 is 9.47 Å². The first-order valence-electron chi connectivity index (χ1n) is 5.98. The molecule has 0 saturated carbocycles. The van der Waals surface area contributed by atoms with Crippen LogP contribution < -0.4 is 0 Å². The van der Waals surface area contributed by atoms with Gasteiger partial charge in [0.25, 0.3) is 0 Å². The van der Waals surface area contributed by atoms with Crippen molar-refractivity contribution < 1.29 is 23.9 Å². The number of ketones is 2. The minimum atomic E-state index is -0.825. The van der Waals surface area contributed by atoms with Gasteiger partial charge in [-0.2, -0.15) is 0 Å². The van der Waals surface area contributed by atoms with E-state index in [0.717, 1.165) is 6.42 Å². The summed E-state index contributed by atoms with van der Waals surface area (Å²) in [5.41, 5.74) is 0.649. The van der Waals surface area contributed by atoms with Crippen molar-refractivity contribution in [2.24, 2.45) is 11.8 Å². The molecule has 0 heterocycles. The number of methoxy groups -OCH3 is 2. The number of hydrogen-bond donors (Lipinski definition) is 0. The van der Waals surface area contributed by atoms with Gasteiger partial charge in [0.15, 0.2) is 11.3 Å². The van der Waals surface area contributed by atoms with Gasteiger partial charge in [0, 0.05) is 23.0 Å². The summed E-state index contributed by atoms with van der Waals surface area (Å²) in [6.45, 7) is 0. The molecule has 0 amide bonds. The highest BCUT2D eigenvalue weighted by atomic mass is 16.5. The number of Topliss-reactive ketones (excluding diaryl/α,β-unsaturated/α-hetero) is 2. The Kier molecular flexibility index (Phi) is 2.45. The van der Waals surface area contributed by atoms with Gasteiger partial charge in [0.1, 0.15) is 0 Å². The van der Waals surface area contributed by atoms with Gasteiger partial charge in [-0.1, -0.05) is 12.2 Å². The van der Waals surface area contributed by atoms with Crippen LogP contribution in [0, 0.1) is 11.8 Å². The number of esters is 1. The molecule has 0 spiro atoms. The van der Waals surface area contributed by atoms with Crippen molar-refractivity contribution in [2.75, 3.05) is 14.2 Å². The van der Waals surface area contributed by atoms with Crippen LogP contribution in [0.15, 0.2) is 34.6 Å². The molecule has 3 aliphatic rings. The van der Waals surface area contributed by atoms with E-state index in [1.165, 1.54) is 14.2 Å². The van der Waals surface area contributed by atoms with E-state index in [-0.39, 0.29) is 29.0 Å². The average molecular weight is 260 g/mol. The van der Waals surface area contributed by atoms with E-state index in [0.29, 0.717) is 11.1 Å². The number of carbonyl (C=O) groups excluding carboxylic acids is 3. The molecule has 19 heavy (non-hydrogen) atoms. The lowest BCUT2D eigenvalue weighted by atomic mass is 9.82. The van der Waals surface area contributed by atoms with E-state index in [1.54, 1.807) is 0 Å². The second kappa shape index (κ2) is 3.91. The van der Waals surface area contributed by atoms with Crippen molar-refractivity contribution in [1.29, 1.82) is 0 Å². The fraction of sp³-hybridized carbons (Fsp3) is 0.357. The van der Waals surface area contributed by atoms with E-state index >= 15 is 0 Å². The molecule has 0 radical (unpaired) electrons. The molecule has 0 aromatic heterocycles. The summed E-state index contributed by atoms with van der Waals surface area (Å²) in [7, 11) is 2.45. The van der Waals surface area contributed by atoms with E-state index in [9.17, 15) is 14.4 Å². The molecule has 0 aromatic carbocycles. The van der Waals surface area contributed by atoms with E-state index in [2.05, 4.69) is 4.74 Å². The minimum absolute atomic E-state index is 0.0270. The summed E-state index contributed by atoms with van der Waals surface area (Å²) in [5, 5.41) is 0. The largest absolute Gasteiger partial charge is 0.492 e. The van der Waals surface area contributed by atoms with Crippen molar-refractivity contribution in [3.63, 3.8) is 0 Å². The first kappa shape index (κ1) is 11.9. The Morgan fingerprint density at radius 1 is 1.11 bits per heavy atom. The Morgan fingerprint density at radius 3 is 2.21 bits per heavy atom. The number of carbonyl (C=O) groups is 3. The van der Waals surface area contributed by atoms with Gasteiger partial charge in [-0.05, 0) is 6.42 Å². The second-order valence-electron chi connectivity index (χ2n) is 4.72. The van der Waals surface area contributed by atoms with Crippen molar-refractivity contribution in [3.05, 3.63) is 34.6 Å². The molecular weight excluding hydrogens is 248 g/mol. The third-order valence-electron chi connectivity index (χ3n) is 3.86. The molecular formula is C14H12O5. The predicted molar refractivity (Wildman–Crippen MR) is 63.8 cm³/mol. The van der Waals surface area contributed by atoms with Crippen molar-refractivity contribution in [2.45, 2.75) is 6.42 Å². The molecule has 3 aliphatic carbocycles. The minimum Gasteiger partial charge on any atom is -0.492 e. The fourth-order valence-corrected chi connectivity index (χ4v) is 3.06. The number of fused-ring (bicyclic) bond motifs is 4. The number of hydrogen-bond acceptors (Lipinski definition) is 5. The van der Waals surface area contributed by atoms with Crippen molar-refractivity contribution in [1.82, 2.24) is 0 Å². The highest BCUT2D eigenvalue weighted by Crippen LogP contribution is 2.48. The average Bonchev–Trinajstić information content (AvgIpc) is 3.02. The highest BCUT2D eigenvalue weighted by molar-refractivity contribution is 6.34. The molecule has 2 bridgehead atoms. The van der Waals surface area contributed by atoms with Crippen LogP contribution in [0.2, 0.25) is 0 Å². The Morgan fingerprint density at radius 2 is 1.68 bits per heavy atom. The molecule has 2 unspecified atom stereocenters. The quantitative estimate of drug-likeness (QED) is 0.316. The smallest absolute Gasteiger partial charge is 0.345 e. The number of ether oxygens (including phenoxy) is 2. The lowest BCUT2D eigenvalue weighted by molar-refractivity contribution is -0.138. The molecule has 0 N–H and O–H groups in total. The van der Waals surface area contributed by atoms with Crippen LogP contribution in [0.1, 0.15) is 6.42 Å². The maximum absolute atomic E-state index is 12.4. The van der Waals surface area contributed by atoms with Crippen LogP contribution in [0.4, 0.5) is 0 Å². The number of rotatable bonds is 2.